The summed E-state index contributed by atoms with van der Waals surface area (Å²) in [4.78, 5) is 34.6. The fourth-order valence-electron chi connectivity index (χ4n) is 5.50. The van der Waals surface area contributed by atoms with E-state index in [1.165, 1.54) is 0 Å². The number of aromatic nitrogens is 10. The smallest absolute Gasteiger partial charge is 0.163 e. The molecule has 12 heteroatoms. The molecule has 5 aromatic heterocycles. The molecule has 12 nitrogen and oxygen atoms in total. The summed E-state index contributed by atoms with van der Waals surface area (Å²) in [7, 11) is 0. The van der Waals surface area contributed by atoms with Gasteiger partial charge in [-0.25, -0.2) is 34.9 Å². The monoisotopic (exact) mass is 679 g/mol. The lowest BCUT2D eigenvalue weighted by Crippen LogP contribution is -2.13. The van der Waals surface area contributed by atoms with Gasteiger partial charge < -0.3 is 19.0 Å². The number of aliphatic imine (C=N–C) groups is 1. The third-order valence-corrected chi connectivity index (χ3v) is 7.41. The Hall–Kier alpha value is -4.22. The fourth-order valence-corrected chi connectivity index (χ4v) is 5.50. The van der Waals surface area contributed by atoms with E-state index in [9.17, 15) is 0 Å². The predicted octanol–water partition coefficient (Wildman–Crippen LogP) is 10.1. The molecule has 1 aliphatic rings. The van der Waals surface area contributed by atoms with E-state index in [1.807, 2.05) is 0 Å². The van der Waals surface area contributed by atoms with Crippen LogP contribution < -0.4 is 5.32 Å². The van der Waals surface area contributed by atoms with Gasteiger partial charge in [0.25, 0.3) is 0 Å². The first-order valence-electron chi connectivity index (χ1n) is 16.0. The summed E-state index contributed by atoms with van der Waals surface area (Å²) < 4.78 is 6.63. The van der Waals surface area contributed by atoms with Gasteiger partial charge in [0.1, 0.15) is 52.7 Å². The first-order chi connectivity index (χ1) is 21.3. The van der Waals surface area contributed by atoms with Crippen LogP contribution in [-0.4, -0.2) is 54.9 Å². The van der Waals surface area contributed by atoms with Crippen molar-refractivity contribution < 1.29 is 0 Å². The van der Waals surface area contributed by atoms with Crippen LogP contribution in [0, 0.1) is 0 Å². The summed E-state index contributed by atoms with van der Waals surface area (Å²) in [5, 5.41) is 3.20. The molecule has 1 aliphatic heterocycles. The summed E-state index contributed by atoms with van der Waals surface area (Å²) in [5.74, 6) is 5.68. The van der Waals surface area contributed by atoms with Gasteiger partial charge >= 0.3 is 0 Å². The second-order valence-corrected chi connectivity index (χ2v) is 13.1. The zero-order valence-electron chi connectivity index (χ0n) is 29.0. The minimum absolute atomic E-state index is 0. The fraction of sp³-hybridized carbons (Fsp3) is 0.622. The van der Waals surface area contributed by atoms with Crippen LogP contribution in [0.2, 0.25) is 0 Å². The molecular weight excluding hydrogens is 612 g/mol. The number of nitrogens with one attached hydrogen (secondary N) is 1. The highest BCUT2D eigenvalue weighted by molar-refractivity contribution is 5.77. The van der Waals surface area contributed by atoms with Crippen LogP contribution in [0.5, 0.6) is 0 Å². The van der Waals surface area contributed by atoms with Crippen LogP contribution in [0.3, 0.4) is 0 Å². The van der Waals surface area contributed by atoms with Crippen molar-refractivity contribution in [3.8, 4) is 0 Å². The van der Waals surface area contributed by atoms with Crippen molar-refractivity contribution in [2.75, 3.05) is 5.32 Å². The summed E-state index contributed by atoms with van der Waals surface area (Å²) >= 11 is 0. The molecule has 0 saturated carbocycles. The molecular formula is C37H66N12. The van der Waals surface area contributed by atoms with Gasteiger partial charge in [-0.3, -0.25) is 4.99 Å². The third kappa shape index (κ3) is 9.70. The van der Waals surface area contributed by atoms with Gasteiger partial charge in [-0.05, 0) is 41.5 Å². The highest BCUT2D eigenvalue weighted by atomic mass is 15.2. The minimum Gasteiger partial charge on any atom is -0.331 e. The third-order valence-electron chi connectivity index (χ3n) is 7.41. The van der Waals surface area contributed by atoms with Gasteiger partial charge in [-0.1, -0.05) is 71.2 Å². The number of rotatable bonds is 6. The molecule has 1 N–H and O–H groups in total. The molecule has 0 aliphatic carbocycles. The van der Waals surface area contributed by atoms with Crippen molar-refractivity contribution in [3.05, 3.63) is 48.2 Å². The van der Waals surface area contributed by atoms with E-state index in [4.69, 9.17) is 0 Å². The van der Waals surface area contributed by atoms with Crippen molar-refractivity contribution >= 4 is 34.5 Å². The Morgan fingerprint density at radius 3 is 1.31 bits per heavy atom. The molecule has 5 aromatic rings. The molecule has 0 radical (unpaired) electrons. The Bertz CT molecular complexity index is 1650. The van der Waals surface area contributed by atoms with Gasteiger partial charge in [0.05, 0.1) is 25.3 Å². The van der Waals surface area contributed by atoms with Crippen LogP contribution in [-0.2, 0) is 6.54 Å². The average molecular weight is 679 g/mol. The first kappa shape index (κ1) is 44.8. The van der Waals surface area contributed by atoms with Crippen molar-refractivity contribution in [2.45, 2.75) is 155 Å². The Kier molecular flexibility index (Phi) is 17.4. The molecule has 274 valence electrons. The van der Waals surface area contributed by atoms with Gasteiger partial charge in [0, 0.05) is 35.9 Å². The molecule has 0 atom stereocenters. The molecule has 0 spiro atoms. The highest BCUT2D eigenvalue weighted by Crippen LogP contribution is 2.29. The maximum atomic E-state index is 4.66. The standard InChI is InChI=1S/C11H18N4.2C11H16N4.4CH4/c3*1-7(2)10-14-9-5-12-6-13-11(9)15(10)8(3)4;;;;/h6-8H,5H2,1-4H3,(H,12,13);2*5-8H,1-4H3;4*1H4. The second kappa shape index (κ2) is 19.1. The van der Waals surface area contributed by atoms with E-state index in [0.29, 0.717) is 42.4 Å². The Labute approximate surface area is 296 Å². The van der Waals surface area contributed by atoms with Gasteiger partial charge in [0.2, 0.25) is 0 Å². The number of fused-ring (bicyclic) bond motifs is 3. The maximum absolute atomic E-state index is 4.66. The van der Waals surface area contributed by atoms with Crippen molar-refractivity contribution in [1.29, 1.82) is 0 Å². The molecule has 6 rings (SSSR count). The lowest BCUT2D eigenvalue weighted by atomic mass is 10.2. The maximum Gasteiger partial charge on any atom is 0.163 e. The number of hydrogen-bond acceptors (Lipinski definition) is 9. The van der Waals surface area contributed by atoms with Crippen molar-refractivity contribution in [2.24, 2.45) is 4.99 Å². The van der Waals surface area contributed by atoms with E-state index >= 15 is 0 Å². The first-order valence-corrected chi connectivity index (χ1v) is 16.0. The molecule has 0 unspecified atom stereocenters. The van der Waals surface area contributed by atoms with E-state index in [2.05, 4.69) is 142 Å². The van der Waals surface area contributed by atoms with Crippen LogP contribution in [0.15, 0.2) is 30.0 Å². The number of hydrogen-bond donors (Lipinski definition) is 1. The van der Waals surface area contributed by atoms with Crippen LogP contribution in [0.25, 0.3) is 22.3 Å². The predicted molar refractivity (Wildman–Crippen MR) is 209 cm³/mol. The topological polar surface area (TPSA) is 129 Å². The average Bonchev–Trinajstić information content (AvgIpc) is 3.69. The van der Waals surface area contributed by atoms with Crippen molar-refractivity contribution in [1.82, 2.24) is 48.6 Å². The quantitative estimate of drug-likeness (QED) is 0.188. The molecule has 0 bridgehead atoms. The Morgan fingerprint density at radius 2 is 0.939 bits per heavy atom. The SMILES string of the molecule is C.C.C.C.CC(C)c1nc2c(n1C(C)C)NC=NC2.CC(C)c1nc2cncnc2n1C(C)C.CC(C)c1nc2cncnc2n1C(C)C. The minimum atomic E-state index is 0. The Balaban J connectivity index is 0.000000678. The van der Waals surface area contributed by atoms with Gasteiger partial charge in [-0.2, -0.15) is 0 Å². The van der Waals surface area contributed by atoms with E-state index in [0.717, 1.165) is 51.3 Å². The molecule has 6 heterocycles. The van der Waals surface area contributed by atoms with Crippen LogP contribution in [0.1, 0.15) is 172 Å². The molecule has 0 amide bonds. The van der Waals surface area contributed by atoms with Crippen molar-refractivity contribution in [3.63, 3.8) is 0 Å². The zero-order valence-corrected chi connectivity index (χ0v) is 29.0. The lowest BCUT2D eigenvalue weighted by molar-refractivity contribution is 0.556. The molecule has 0 aromatic carbocycles. The van der Waals surface area contributed by atoms with Crippen LogP contribution in [0.4, 0.5) is 5.82 Å². The second-order valence-electron chi connectivity index (χ2n) is 13.1. The molecule has 49 heavy (non-hydrogen) atoms. The van der Waals surface area contributed by atoms with Gasteiger partial charge in [0.15, 0.2) is 11.3 Å². The molecule has 0 fully saturated rings. The summed E-state index contributed by atoms with van der Waals surface area (Å²) in [6, 6.07) is 1.18. The van der Waals surface area contributed by atoms with Gasteiger partial charge in [-0.15, -0.1) is 0 Å². The number of nitrogens with zero attached hydrogens (tertiary/aromatic N) is 11. The summed E-state index contributed by atoms with van der Waals surface area (Å²) in [5.41, 5.74) is 4.70. The van der Waals surface area contributed by atoms with E-state index in [-0.39, 0.29) is 29.7 Å². The summed E-state index contributed by atoms with van der Waals surface area (Å²) in [6.45, 7) is 26.6. The number of anilines is 1. The normalized spacial score (nSPS) is 11.7. The van der Waals surface area contributed by atoms with E-state index in [1.54, 1.807) is 31.4 Å². The summed E-state index contributed by atoms with van der Waals surface area (Å²) in [6.07, 6.45) is 8.45. The Morgan fingerprint density at radius 1 is 0.551 bits per heavy atom. The number of imidazole rings is 3. The molecule has 0 saturated heterocycles. The largest absolute Gasteiger partial charge is 0.331 e. The zero-order chi connectivity index (χ0) is 33.0. The lowest BCUT2D eigenvalue weighted by Gasteiger charge is -2.18. The highest BCUT2D eigenvalue weighted by Gasteiger charge is 2.22. The van der Waals surface area contributed by atoms with Crippen LogP contribution >= 0.6 is 0 Å². The van der Waals surface area contributed by atoms with E-state index < -0.39 is 0 Å².